The second-order valence-electron chi connectivity index (χ2n) is 10.2. The summed E-state index contributed by atoms with van der Waals surface area (Å²) in [6.07, 6.45) is -1.22. The number of hydrogen-bond acceptors (Lipinski definition) is 4. The van der Waals surface area contributed by atoms with E-state index in [0.717, 1.165) is 44.5 Å². The van der Waals surface area contributed by atoms with Crippen molar-refractivity contribution in [2.45, 2.75) is 82.7 Å². The molecule has 4 nitrogen and oxygen atoms in total. The smallest absolute Gasteiger partial charge is 0.413 e. The van der Waals surface area contributed by atoms with E-state index in [2.05, 4.69) is 48.8 Å². The third kappa shape index (κ3) is 6.70. The van der Waals surface area contributed by atoms with Gasteiger partial charge < -0.3 is 14.5 Å². The highest BCUT2D eigenvalue weighted by Crippen LogP contribution is 2.38. The Morgan fingerprint density at radius 1 is 1.17 bits per heavy atom. The highest BCUT2D eigenvalue weighted by Gasteiger charge is 2.41. The minimum atomic E-state index is -4.68. The Hall–Kier alpha value is -1.09. The molecule has 0 aromatic heterocycles. The molecule has 1 heterocycles. The van der Waals surface area contributed by atoms with Crippen LogP contribution in [0.4, 0.5) is 13.2 Å². The molecule has 3 rings (SSSR count). The fraction of sp³-hybridized carbons (Fsp3) is 0.727. The van der Waals surface area contributed by atoms with Crippen LogP contribution >= 0.6 is 0 Å². The normalized spacial score (nSPS) is 22.3. The Morgan fingerprint density at radius 2 is 1.87 bits per heavy atom. The zero-order valence-electron chi connectivity index (χ0n) is 18.7. The quantitative estimate of drug-likeness (QED) is 0.539. The van der Waals surface area contributed by atoms with E-state index in [4.69, 9.17) is 4.43 Å². The van der Waals surface area contributed by atoms with Gasteiger partial charge in [-0.15, -0.1) is 13.2 Å². The van der Waals surface area contributed by atoms with Crippen molar-refractivity contribution in [3.05, 3.63) is 29.8 Å². The number of rotatable bonds is 8. The fourth-order valence-electron chi connectivity index (χ4n) is 3.63. The Kier molecular flexibility index (Phi) is 6.92. The maximum absolute atomic E-state index is 12.6. The van der Waals surface area contributed by atoms with Crippen LogP contribution in [0.25, 0.3) is 0 Å². The van der Waals surface area contributed by atoms with Crippen LogP contribution in [0, 0.1) is 0 Å². The standard InChI is InChI=1S/C22H35F3N2O2Si/c1-21(2,3)30(4,5)29-19-11-12-27(14-19)15-20(26-17-9-10-17)16-7-6-8-18(13-16)28-22(23,24)25/h6-8,13,17,19-20,26H,9-12,14-15H2,1-5H3/t19-,20-/m1/s1. The molecule has 2 fully saturated rings. The third-order valence-electron chi connectivity index (χ3n) is 6.45. The summed E-state index contributed by atoms with van der Waals surface area (Å²) in [7, 11) is -1.82. The lowest BCUT2D eigenvalue weighted by molar-refractivity contribution is -0.274. The van der Waals surface area contributed by atoms with Gasteiger partial charge in [-0.25, -0.2) is 0 Å². The van der Waals surface area contributed by atoms with Crippen molar-refractivity contribution >= 4 is 8.32 Å². The molecule has 1 aromatic carbocycles. The number of hydrogen-bond donors (Lipinski definition) is 1. The molecule has 0 radical (unpaired) electrons. The van der Waals surface area contributed by atoms with Crippen LogP contribution in [0.1, 0.15) is 51.6 Å². The Morgan fingerprint density at radius 3 is 2.47 bits per heavy atom. The first kappa shape index (κ1) is 23.6. The molecule has 1 saturated heterocycles. The van der Waals surface area contributed by atoms with Crippen LogP contribution in [-0.4, -0.2) is 51.4 Å². The summed E-state index contributed by atoms with van der Waals surface area (Å²) >= 11 is 0. The molecule has 1 aromatic rings. The zero-order chi connectivity index (χ0) is 22.2. The van der Waals surface area contributed by atoms with Crippen LogP contribution in [0.15, 0.2) is 24.3 Å². The van der Waals surface area contributed by atoms with Crippen molar-refractivity contribution in [3.8, 4) is 5.75 Å². The fourth-order valence-corrected chi connectivity index (χ4v) is 5.01. The molecule has 2 aliphatic rings. The largest absolute Gasteiger partial charge is 0.573 e. The van der Waals surface area contributed by atoms with Crippen LogP contribution in [-0.2, 0) is 4.43 Å². The van der Waals surface area contributed by atoms with Crippen molar-refractivity contribution in [1.29, 1.82) is 0 Å². The number of likely N-dealkylation sites (tertiary alicyclic amines) is 1. The lowest BCUT2D eigenvalue weighted by Gasteiger charge is -2.38. The van der Waals surface area contributed by atoms with Crippen LogP contribution < -0.4 is 10.1 Å². The minimum absolute atomic E-state index is 0.0269. The first-order valence-corrected chi connectivity index (χ1v) is 13.8. The second-order valence-corrected chi connectivity index (χ2v) is 14.9. The van der Waals surface area contributed by atoms with Gasteiger partial charge in [0, 0.05) is 31.7 Å². The summed E-state index contributed by atoms with van der Waals surface area (Å²) < 4.78 is 48.6. The third-order valence-corrected chi connectivity index (χ3v) is 11.0. The molecule has 1 saturated carbocycles. The van der Waals surface area contributed by atoms with E-state index in [-0.39, 0.29) is 22.9 Å². The Balaban J connectivity index is 1.64. The van der Waals surface area contributed by atoms with Gasteiger partial charge in [-0.2, -0.15) is 0 Å². The highest BCUT2D eigenvalue weighted by atomic mass is 28.4. The number of benzene rings is 1. The van der Waals surface area contributed by atoms with Gasteiger partial charge >= 0.3 is 6.36 Å². The summed E-state index contributed by atoms with van der Waals surface area (Å²) in [4.78, 5) is 2.37. The summed E-state index contributed by atoms with van der Waals surface area (Å²) in [5.41, 5.74) is 0.831. The van der Waals surface area contributed by atoms with Crippen LogP contribution in [0.5, 0.6) is 5.75 Å². The lowest BCUT2D eigenvalue weighted by atomic mass is 10.1. The maximum Gasteiger partial charge on any atom is 0.573 e. The van der Waals surface area contributed by atoms with E-state index in [9.17, 15) is 13.2 Å². The Labute approximate surface area is 179 Å². The molecular formula is C22H35F3N2O2Si. The first-order chi connectivity index (χ1) is 13.8. The molecule has 1 aliphatic carbocycles. The van der Waals surface area contributed by atoms with Crippen molar-refractivity contribution in [2.75, 3.05) is 19.6 Å². The van der Waals surface area contributed by atoms with E-state index >= 15 is 0 Å². The molecular weight excluding hydrogens is 409 g/mol. The number of nitrogens with zero attached hydrogens (tertiary/aromatic N) is 1. The molecule has 1 aliphatic heterocycles. The van der Waals surface area contributed by atoms with E-state index in [1.165, 1.54) is 12.1 Å². The van der Waals surface area contributed by atoms with Crippen molar-refractivity contribution in [1.82, 2.24) is 10.2 Å². The molecule has 170 valence electrons. The highest BCUT2D eigenvalue weighted by molar-refractivity contribution is 6.74. The average Bonchev–Trinajstić information content (AvgIpc) is 3.30. The predicted molar refractivity (Wildman–Crippen MR) is 115 cm³/mol. The molecule has 0 amide bonds. The van der Waals surface area contributed by atoms with E-state index < -0.39 is 14.7 Å². The van der Waals surface area contributed by atoms with Crippen LogP contribution in [0.3, 0.4) is 0 Å². The van der Waals surface area contributed by atoms with Crippen LogP contribution in [0.2, 0.25) is 18.1 Å². The lowest BCUT2D eigenvalue weighted by Crippen LogP contribution is -2.44. The van der Waals surface area contributed by atoms with Crippen molar-refractivity contribution in [2.24, 2.45) is 0 Å². The van der Waals surface area contributed by atoms with Gasteiger partial charge in [-0.1, -0.05) is 32.9 Å². The average molecular weight is 445 g/mol. The summed E-state index contributed by atoms with van der Waals surface area (Å²) in [5, 5.41) is 3.78. The summed E-state index contributed by atoms with van der Waals surface area (Å²) in [5.74, 6) is -0.164. The second kappa shape index (κ2) is 8.80. The van der Waals surface area contributed by atoms with Gasteiger partial charge in [0.2, 0.25) is 0 Å². The number of ether oxygens (including phenoxy) is 1. The number of alkyl halides is 3. The van der Waals surface area contributed by atoms with Gasteiger partial charge in [0.15, 0.2) is 8.32 Å². The van der Waals surface area contributed by atoms with Gasteiger partial charge in [0.1, 0.15) is 5.75 Å². The van der Waals surface area contributed by atoms with Gasteiger partial charge in [0.25, 0.3) is 0 Å². The zero-order valence-corrected chi connectivity index (χ0v) is 19.7. The molecule has 0 spiro atoms. The number of nitrogens with one attached hydrogen (secondary N) is 1. The van der Waals surface area contributed by atoms with Gasteiger partial charge in [0.05, 0.1) is 6.10 Å². The van der Waals surface area contributed by atoms with E-state index in [1.807, 2.05) is 6.07 Å². The summed E-state index contributed by atoms with van der Waals surface area (Å²) in [6.45, 7) is 13.9. The van der Waals surface area contributed by atoms with Crippen molar-refractivity contribution in [3.63, 3.8) is 0 Å². The molecule has 0 bridgehead atoms. The SMILES string of the molecule is CC(C)(C)[Si](C)(C)O[C@@H]1CCN(C[C@@H](NC2CC2)c2cccc(OC(F)(F)F)c2)C1. The molecule has 0 unspecified atom stereocenters. The molecule has 1 N–H and O–H groups in total. The first-order valence-electron chi connectivity index (χ1n) is 10.8. The van der Waals surface area contributed by atoms with E-state index in [0.29, 0.717) is 6.04 Å². The van der Waals surface area contributed by atoms with E-state index in [1.54, 1.807) is 6.07 Å². The van der Waals surface area contributed by atoms with Gasteiger partial charge in [-0.05, 0) is 55.1 Å². The number of halogens is 3. The Bertz CT molecular complexity index is 717. The summed E-state index contributed by atoms with van der Waals surface area (Å²) in [6, 6.07) is 6.79. The predicted octanol–water partition coefficient (Wildman–Crippen LogP) is 5.47. The maximum atomic E-state index is 12.6. The molecule has 30 heavy (non-hydrogen) atoms. The van der Waals surface area contributed by atoms with Gasteiger partial charge in [-0.3, -0.25) is 4.90 Å². The minimum Gasteiger partial charge on any atom is -0.413 e. The topological polar surface area (TPSA) is 33.7 Å². The molecule has 8 heteroatoms. The monoisotopic (exact) mass is 444 g/mol. The van der Waals surface area contributed by atoms with Crippen molar-refractivity contribution < 1.29 is 22.3 Å². The molecule has 2 atom stereocenters.